The number of halogens is 1. The first-order chi connectivity index (χ1) is 16.3. The molecule has 0 radical (unpaired) electrons. The number of morpholine rings is 1. The standard InChI is InChI=1S/C25H25FN2O6/c1-27-20-11-17(26)10-19-18(20)12-22(30)23(24(19)31)21(29)9-14-2-3-15(25(32)33)8-16(14)13-28-4-6-34-7-5-28/h2-3,8,10-11,27,31H,4-7,9,12-13H2,1H3,(H,32,33). The first-order valence-corrected chi connectivity index (χ1v) is 10.9. The summed E-state index contributed by atoms with van der Waals surface area (Å²) in [5.41, 5.74) is 1.87. The zero-order valence-corrected chi connectivity index (χ0v) is 18.7. The monoisotopic (exact) mass is 468 g/mol. The Balaban J connectivity index is 1.68. The molecule has 0 amide bonds. The highest BCUT2D eigenvalue weighted by Gasteiger charge is 2.32. The SMILES string of the molecule is CNc1cc(F)cc2c1CC(=O)C(C(=O)Cc1ccc(C(=O)O)cc1CN1CCOCC1)=C2O. The lowest BCUT2D eigenvalue weighted by atomic mass is 9.84. The Morgan fingerprint density at radius 3 is 2.56 bits per heavy atom. The van der Waals surface area contributed by atoms with Gasteiger partial charge in [-0.25, -0.2) is 9.18 Å². The maximum atomic E-state index is 14.1. The van der Waals surface area contributed by atoms with Gasteiger partial charge in [-0.3, -0.25) is 14.5 Å². The van der Waals surface area contributed by atoms with Crippen LogP contribution in [-0.2, 0) is 33.7 Å². The molecule has 178 valence electrons. The van der Waals surface area contributed by atoms with Crippen LogP contribution in [0, 0.1) is 5.82 Å². The molecule has 1 saturated heterocycles. The van der Waals surface area contributed by atoms with Crippen molar-refractivity contribution in [2.24, 2.45) is 0 Å². The number of benzene rings is 2. The van der Waals surface area contributed by atoms with Gasteiger partial charge in [-0.15, -0.1) is 0 Å². The highest BCUT2D eigenvalue weighted by Crippen LogP contribution is 2.34. The van der Waals surface area contributed by atoms with Gasteiger partial charge in [0.25, 0.3) is 0 Å². The topological polar surface area (TPSA) is 116 Å². The van der Waals surface area contributed by atoms with Crippen molar-refractivity contribution in [2.45, 2.75) is 19.4 Å². The van der Waals surface area contributed by atoms with Gasteiger partial charge < -0.3 is 20.3 Å². The molecule has 0 spiro atoms. The Bertz CT molecular complexity index is 1200. The average molecular weight is 468 g/mol. The van der Waals surface area contributed by atoms with E-state index >= 15 is 0 Å². The Morgan fingerprint density at radius 2 is 1.88 bits per heavy atom. The van der Waals surface area contributed by atoms with Crippen LogP contribution in [0.2, 0.25) is 0 Å². The second-order valence-electron chi connectivity index (χ2n) is 8.33. The normalized spacial score (nSPS) is 16.4. The quantitative estimate of drug-likeness (QED) is 0.531. The molecule has 2 aromatic rings. The van der Waals surface area contributed by atoms with Gasteiger partial charge in [0.15, 0.2) is 11.6 Å². The van der Waals surface area contributed by atoms with Gasteiger partial charge in [0.2, 0.25) is 0 Å². The van der Waals surface area contributed by atoms with E-state index in [-0.39, 0.29) is 29.5 Å². The number of anilines is 1. The Labute approximate surface area is 195 Å². The number of carboxylic acid groups (broad SMARTS) is 1. The summed E-state index contributed by atoms with van der Waals surface area (Å²) < 4.78 is 19.4. The van der Waals surface area contributed by atoms with E-state index in [1.807, 2.05) is 0 Å². The molecule has 2 aromatic carbocycles. The molecule has 2 aliphatic rings. The summed E-state index contributed by atoms with van der Waals surface area (Å²) in [5, 5.41) is 23.0. The van der Waals surface area contributed by atoms with E-state index in [0.29, 0.717) is 55.2 Å². The van der Waals surface area contributed by atoms with Gasteiger partial charge in [-0.1, -0.05) is 6.07 Å². The number of fused-ring (bicyclic) bond motifs is 1. The molecule has 0 unspecified atom stereocenters. The largest absolute Gasteiger partial charge is 0.506 e. The number of hydrogen-bond donors (Lipinski definition) is 3. The molecule has 0 saturated carbocycles. The third-order valence-electron chi connectivity index (χ3n) is 6.17. The van der Waals surface area contributed by atoms with Crippen molar-refractivity contribution in [3.8, 4) is 0 Å². The number of carbonyl (C=O) groups excluding carboxylic acids is 2. The maximum Gasteiger partial charge on any atom is 0.335 e. The fourth-order valence-electron chi connectivity index (χ4n) is 4.40. The number of hydrogen-bond acceptors (Lipinski definition) is 7. The highest BCUT2D eigenvalue weighted by molar-refractivity contribution is 6.27. The van der Waals surface area contributed by atoms with E-state index in [1.165, 1.54) is 18.2 Å². The van der Waals surface area contributed by atoms with Crippen LogP contribution in [-0.4, -0.2) is 66.0 Å². The predicted molar refractivity (Wildman–Crippen MR) is 122 cm³/mol. The van der Waals surface area contributed by atoms with Gasteiger partial charge in [-0.2, -0.15) is 0 Å². The number of aliphatic hydroxyl groups excluding tert-OH is 1. The summed E-state index contributed by atoms with van der Waals surface area (Å²) in [6.07, 6.45) is -0.344. The van der Waals surface area contributed by atoms with Crippen LogP contribution in [0.5, 0.6) is 0 Å². The smallest absolute Gasteiger partial charge is 0.335 e. The summed E-state index contributed by atoms with van der Waals surface area (Å²) in [7, 11) is 1.58. The van der Waals surface area contributed by atoms with E-state index in [4.69, 9.17) is 4.74 Å². The second-order valence-corrected chi connectivity index (χ2v) is 8.33. The minimum atomic E-state index is -1.08. The number of ketones is 2. The number of rotatable bonds is 7. The van der Waals surface area contributed by atoms with E-state index < -0.39 is 29.1 Å². The number of nitrogens with zero attached hydrogens (tertiary/aromatic N) is 1. The molecule has 8 nitrogen and oxygen atoms in total. The number of carbonyl (C=O) groups is 3. The summed E-state index contributed by atoms with van der Waals surface area (Å²) in [4.78, 5) is 39.6. The van der Waals surface area contributed by atoms with Crippen molar-refractivity contribution in [1.82, 2.24) is 4.90 Å². The Morgan fingerprint density at radius 1 is 1.15 bits per heavy atom. The van der Waals surface area contributed by atoms with Crippen molar-refractivity contribution in [3.63, 3.8) is 0 Å². The lowest BCUT2D eigenvalue weighted by molar-refractivity contribution is -0.121. The van der Waals surface area contributed by atoms with Crippen LogP contribution in [0.25, 0.3) is 5.76 Å². The third kappa shape index (κ3) is 4.71. The number of allylic oxidation sites excluding steroid dienone is 1. The van der Waals surface area contributed by atoms with Gasteiger partial charge in [-0.05, 0) is 41.0 Å². The zero-order chi connectivity index (χ0) is 24.4. The van der Waals surface area contributed by atoms with Gasteiger partial charge in [0, 0.05) is 50.8 Å². The molecular weight excluding hydrogens is 443 g/mol. The van der Waals surface area contributed by atoms with Crippen molar-refractivity contribution in [3.05, 3.63) is 69.5 Å². The van der Waals surface area contributed by atoms with Crippen LogP contribution in [0.1, 0.15) is 32.6 Å². The minimum absolute atomic E-state index is 0.0965. The summed E-state index contributed by atoms with van der Waals surface area (Å²) in [6, 6.07) is 6.84. The summed E-state index contributed by atoms with van der Waals surface area (Å²) in [6.45, 7) is 2.89. The van der Waals surface area contributed by atoms with E-state index in [2.05, 4.69) is 10.2 Å². The molecule has 9 heteroatoms. The molecule has 0 bridgehead atoms. The molecule has 1 fully saturated rings. The van der Waals surface area contributed by atoms with Gasteiger partial charge in [0.05, 0.1) is 18.8 Å². The van der Waals surface area contributed by atoms with Crippen molar-refractivity contribution >= 4 is 29.0 Å². The average Bonchev–Trinajstić information content (AvgIpc) is 2.81. The number of Topliss-reactive ketones (excluding diaryl/α,β-unsaturated/α-hetero) is 2. The molecule has 34 heavy (non-hydrogen) atoms. The molecule has 3 N–H and O–H groups in total. The van der Waals surface area contributed by atoms with Crippen LogP contribution in [0.4, 0.5) is 10.1 Å². The zero-order valence-electron chi connectivity index (χ0n) is 18.7. The van der Waals surface area contributed by atoms with Crippen molar-refractivity contribution in [1.29, 1.82) is 0 Å². The fourth-order valence-corrected chi connectivity index (χ4v) is 4.40. The maximum absolute atomic E-state index is 14.1. The first kappa shape index (κ1) is 23.6. The molecule has 0 atom stereocenters. The second kappa shape index (κ2) is 9.74. The molecule has 1 aliphatic heterocycles. The number of nitrogens with one attached hydrogen (secondary N) is 1. The summed E-state index contributed by atoms with van der Waals surface area (Å²) in [5.74, 6) is -3.37. The number of aliphatic hydroxyl groups is 1. The molecule has 4 rings (SSSR count). The van der Waals surface area contributed by atoms with Gasteiger partial charge in [0.1, 0.15) is 17.1 Å². The molecule has 1 aliphatic carbocycles. The lowest BCUT2D eigenvalue weighted by Gasteiger charge is -2.27. The van der Waals surface area contributed by atoms with Crippen LogP contribution in [0.15, 0.2) is 35.9 Å². The number of carboxylic acids is 1. The molecular formula is C25H25FN2O6. The lowest BCUT2D eigenvalue weighted by Crippen LogP contribution is -2.36. The minimum Gasteiger partial charge on any atom is -0.506 e. The van der Waals surface area contributed by atoms with Crippen LogP contribution < -0.4 is 5.32 Å². The molecule has 0 aromatic heterocycles. The van der Waals surface area contributed by atoms with E-state index in [0.717, 1.165) is 6.07 Å². The van der Waals surface area contributed by atoms with E-state index in [9.17, 15) is 29.0 Å². The van der Waals surface area contributed by atoms with Crippen LogP contribution in [0.3, 0.4) is 0 Å². The Kier molecular flexibility index (Phi) is 6.76. The number of aromatic carboxylic acids is 1. The van der Waals surface area contributed by atoms with Crippen molar-refractivity contribution < 1.29 is 33.7 Å². The molecule has 1 heterocycles. The predicted octanol–water partition coefficient (Wildman–Crippen LogP) is 2.60. The fraction of sp³-hybridized carbons (Fsp3) is 0.320. The summed E-state index contributed by atoms with van der Waals surface area (Å²) >= 11 is 0. The van der Waals surface area contributed by atoms with Gasteiger partial charge >= 0.3 is 5.97 Å². The number of ether oxygens (including phenoxy) is 1. The van der Waals surface area contributed by atoms with E-state index in [1.54, 1.807) is 13.1 Å². The van der Waals surface area contributed by atoms with Crippen LogP contribution >= 0.6 is 0 Å². The third-order valence-corrected chi connectivity index (χ3v) is 6.17. The van der Waals surface area contributed by atoms with Crippen molar-refractivity contribution in [2.75, 3.05) is 38.7 Å². The highest BCUT2D eigenvalue weighted by atomic mass is 19.1. The Hall–Kier alpha value is -3.56. The first-order valence-electron chi connectivity index (χ1n) is 10.9.